The monoisotopic (exact) mass is 294 g/mol. The Labute approximate surface area is 123 Å². The molecule has 8 heteroatoms. The number of hydrogen-bond acceptors (Lipinski definition) is 5. The first-order chi connectivity index (χ1) is 10.0. The molecule has 1 unspecified atom stereocenters. The van der Waals surface area contributed by atoms with Crippen molar-refractivity contribution < 1.29 is 19.3 Å². The van der Waals surface area contributed by atoms with E-state index in [1.165, 1.54) is 11.9 Å². The molecular formula is C13H20N5O3+. The third-order valence-electron chi connectivity index (χ3n) is 3.46. The van der Waals surface area contributed by atoms with Crippen LogP contribution >= 0.6 is 0 Å². The fourth-order valence-corrected chi connectivity index (χ4v) is 2.32. The van der Waals surface area contributed by atoms with Gasteiger partial charge in [-0.25, -0.2) is 9.37 Å². The molecule has 21 heavy (non-hydrogen) atoms. The van der Waals surface area contributed by atoms with E-state index in [0.29, 0.717) is 24.9 Å². The second-order valence-corrected chi connectivity index (χ2v) is 4.81. The molecule has 114 valence electrons. The van der Waals surface area contributed by atoms with Gasteiger partial charge in [0, 0.05) is 14.1 Å². The van der Waals surface area contributed by atoms with E-state index in [2.05, 4.69) is 10.3 Å². The molecule has 0 spiro atoms. The van der Waals surface area contributed by atoms with E-state index in [1.807, 2.05) is 19.1 Å². The summed E-state index contributed by atoms with van der Waals surface area (Å²) in [6.45, 7) is 2.67. The van der Waals surface area contributed by atoms with Crippen molar-refractivity contribution in [1.29, 1.82) is 0 Å². The lowest BCUT2D eigenvalue weighted by Gasteiger charge is -2.31. The highest BCUT2D eigenvalue weighted by Crippen LogP contribution is 2.18. The van der Waals surface area contributed by atoms with Crippen LogP contribution in [-0.2, 0) is 4.79 Å². The van der Waals surface area contributed by atoms with Gasteiger partial charge in [0.15, 0.2) is 0 Å². The molecule has 0 saturated carbocycles. The number of allylic oxidation sites excluding steroid dienone is 1. The number of aliphatic hydroxyl groups is 1. The molecule has 2 heterocycles. The molecule has 0 aromatic carbocycles. The molecule has 2 aliphatic rings. The van der Waals surface area contributed by atoms with Crippen molar-refractivity contribution in [1.82, 2.24) is 15.1 Å². The van der Waals surface area contributed by atoms with Crippen molar-refractivity contribution in [3.63, 3.8) is 0 Å². The Balaban J connectivity index is 2.39. The van der Waals surface area contributed by atoms with Gasteiger partial charge in [0.25, 0.3) is 5.91 Å². The van der Waals surface area contributed by atoms with Gasteiger partial charge in [-0.3, -0.25) is 19.9 Å². The lowest BCUT2D eigenvalue weighted by molar-refractivity contribution is -0.527. The Hall–Kier alpha value is -2.22. The van der Waals surface area contributed by atoms with Gasteiger partial charge < -0.3 is 5.11 Å². The SMILES string of the molecule is C/C=C/C[N+]1=C(NCCO)N=C2C1C(=O)N(C)C(=O)N2C. The number of carbonyl (C=O) groups excluding carboxylic acids is 2. The van der Waals surface area contributed by atoms with Crippen LogP contribution < -0.4 is 5.32 Å². The molecule has 2 rings (SSSR count). The van der Waals surface area contributed by atoms with Crippen LogP contribution in [0.25, 0.3) is 0 Å². The molecule has 0 aromatic rings. The van der Waals surface area contributed by atoms with Crippen LogP contribution in [0.2, 0.25) is 0 Å². The molecule has 0 aromatic heterocycles. The standard InChI is InChI=1S/C13H19N5O3/c1-4-5-7-18-9-10(15-12(18)14-6-8-19)16(2)13(21)17(3)11(9)20/h4-5,9,19H,6-8H2,1-3H3/p+1/b5-4+. The first-order valence-electron chi connectivity index (χ1n) is 6.76. The minimum absolute atomic E-state index is 0.0426. The van der Waals surface area contributed by atoms with Crippen LogP contribution in [0, 0.1) is 0 Å². The number of fused-ring (bicyclic) bond motifs is 1. The summed E-state index contributed by atoms with van der Waals surface area (Å²) in [5.74, 6) is 0.598. The second-order valence-electron chi connectivity index (χ2n) is 4.81. The Kier molecular flexibility index (Phi) is 4.37. The maximum Gasteiger partial charge on any atom is 0.390 e. The molecule has 2 aliphatic heterocycles. The zero-order valence-electron chi connectivity index (χ0n) is 12.4. The number of imide groups is 1. The summed E-state index contributed by atoms with van der Waals surface area (Å²) >= 11 is 0. The Morgan fingerprint density at radius 1 is 1.38 bits per heavy atom. The van der Waals surface area contributed by atoms with Crippen LogP contribution in [-0.4, -0.2) is 83.0 Å². The van der Waals surface area contributed by atoms with Crippen molar-refractivity contribution in [2.24, 2.45) is 4.99 Å². The summed E-state index contributed by atoms with van der Waals surface area (Å²) < 4.78 is 1.78. The third-order valence-corrected chi connectivity index (χ3v) is 3.46. The predicted octanol–water partition coefficient (Wildman–Crippen LogP) is -1.18. The van der Waals surface area contributed by atoms with E-state index < -0.39 is 12.1 Å². The van der Waals surface area contributed by atoms with Crippen LogP contribution in [0.5, 0.6) is 0 Å². The van der Waals surface area contributed by atoms with Gasteiger partial charge in [-0.05, 0) is 6.92 Å². The number of likely N-dealkylation sites (N-methyl/N-ethyl adjacent to an activating group) is 2. The number of aliphatic hydroxyl groups excluding tert-OH is 1. The van der Waals surface area contributed by atoms with Gasteiger partial charge in [0.1, 0.15) is 0 Å². The maximum absolute atomic E-state index is 12.4. The number of hydrogen-bond donors (Lipinski definition) is 2. The number of carbonyl (C=O) groups is 2. The van der Waals surface area contributed by atoms with Gasteiger partial charge >= 0.3 is 12.0 Å². The highest BCUT2D eigenvalue weighted by atomic mass is 16.3. The smallest absolute Gasteiger partial charge is 0.390 e. The number of amidine groups is 1. The van der Waals surface area contributed by atoms with E-state index in [9.17, 15) is 9.59 Å². The molecule has 1 saturated heterocycles. The summed E-state index contributed by atoms with van der Waals surface area (Å²) in [4.78, 5) is 31.2. The molecule has 0 aliphatic carbocycles. The van der Waals surface area contributed by atoms with Crippen molar-refractivity contribution >= 4 is 23.7 Å². The number of amides is 3. The number of urea groups is 1. The Morgan fingerprint density at radius 3 is 2.71 bits per heavy atom. The summed E-state index contributed by atoms with van der Waals surface area (Å²) in [5, 5.41) is 11.9. The molecule has 1 atom stereocenters. The van der Waals surface area contributed by atoms with E-state index in [-0.39, 0.29) is 12.5 Å². The van der Waals surface area contributed by atoms with Gasteiger partial charge in [0.05, 0.1) is 19.7 Å². The molecule has 3 amide bonds. The Morgan fingerprint density at radius 2 is 2.10 bits per heavy atom. The fraction of sp³-hybridized carbons (Fsp3) is 0.538. The molecule has 2 N–H and O–H groups in total. The van der Waals surface area contributed by atoms with Crippen molar-refractivity contribution in [3.8, 4) is 0 Å². The predicted molar refractivity (Wildman–Crippen MR) is 77.2 cm³/mol. The van der Waals surface area contributed by atoms with Gasteiger partial charge in [0.2, 0.25) is 11.9 Å². The molecule has 0 bridgehead atoms. The van der Waals surface area contributed by atoms with Crippen molar-refractivity contribution in [3.05, 3.63) is 12.2 Å². The average Bonchev–Trinajstić information content (AvgIpc) is 2.85. The van der Waals surface area contributed by atoms with E-state index >= 15 is 0 Å². The normalized spacial score (nSPS) is 22.3. The summed E-state index contributed by atoms with van der Waals surface area (Å²) in [7, 11) is 3.06. The third kappa shape index (κ3) is 2.54. The molecule has 0 radical (unpaired) electrons. The van der Waals surface area contributed by atoms with E-state index in [1.54, 1.807) is 11.6 Å². The second kappa shape index (κ2) is 6.04. The van der Waals surface area contributed by atoms with Crippen LogP contribution in [0.15, 0.2) is 17.1 Å². The largest absolute Gasteiger partial charge is 0.393 e. The average molecular weight is 294 g/mol. The van der Waals surface area contributed by atoms with Crippen LogP contribution in [0.1, 0.15) is 6.92 Å². The zero-order valence-corrected chi connectivity index (χ0v) is 12.4. The minimum Gasteiger partial charge on any atom is -0.393 e. The topological polar surface area (TPSA) is 88.2 Å². The molecule has 1 fully saturated rings. The van der Waals surface area contributed by atoms with E-state index in [0.717, 1.165) is 4.90 Å². The van der Waals surface area contributed by atoms with Crippen molar-refractivity contribution in [2.75, 3.05) is 33.8 Å². The number of guanidine groups is 1. The summed E-state index contributed by atoms with van der Waals surface area (Å²) in [5.41, 5.74) is 0. The Bertz CT molecular complexity index is 552. The fourth-order valence-electron chi connectivity index (χ4n) is 2.32. The minimum atomic E-state index is -0.616. The van der Waals surface area contributed by atoms with Gasteiger partial charge in [-0.2, -0.15) is 0 Å². The number of rotatable bonds is 4. The van der Waals surface area contributed by atoms with E-state index in [4.69, 9.17) is 5.11 Å². The zero-order chi connectivity index (χ0) is 15.6. The lowest BCUT2D eigenvalue weighted by atomic mass is 10.1. The first-order valence-corrected chi connectivity index (χ1v) is 6.76. The highest BCUT2D eigenvalue weighted by molar-refractivity contribution is 6.22. The number of nitrogens with zero attached hydrogens (tertiary/aromatic N) is 4. The lowest BCUT2D eigenvalue weighted by Crippen LogP contribution is -2.61. The van der Waals surface area contributed by atoms with Gasteiger partial charge in [-0.15, -0.1) is 0 Å². The summed E-state index contributed by atoms with van der Waals surface area (Å²) in [6.07, 6.45) is 3.79. The number of aliphatic imine (C=N–C) groups is 1. The van der Waals surface area contributed by atoms with Crippen LogP contribution in [0.3, 0.4) is 0 Å². The highest BCUT2D eigenvalue weighted by Gasteiger charge is 2.50. The molecule has 8 nitrogen and oxygen atoms in total. The quantitative estimate of drug-likeness (QED) is 0.504. The van der Waals surface area contributed by atoms with Gasteiger partial charge in [-0.1, -0.05) is 17.1 Å². The first kappa shape index (κ1) is 15.2. The number of nitrogens with one attached hydrogen (secondary N) is 1. The summed E-state index contributed by atoms with van der Waals surface area (Å²) in [6, 6.07) is -1.01. The maximum atomic E-state index is 12.4. The molecular weight excluding hydrogens is 274 g/mol. The van der Waals surface area contributed by atoms with Crippen molar-refractivity contribution in [2.45, 2.75) is 13.0 Å². The van der Waals surface area contributed by atoms with Crippen LogP contribution in [0.4, 0.5) is 4.79 Å².